The van der Waals surface area contributed by atoms with Gasteiger partial charge in [-0.1, -0.05) is 41.4 Å². The first-order valence-corrected chi connectivity index (χ1v) is 11.4. The molecule has 1 atom stereocenters. The van der Waals surface area contributed by atoms with E-state index in [4.69, 9.17) is 21.1 Å². The second kappa shape index (κ2) is 10.7. The van der Waals surface area contributed by atoms with Crippen LogP contribution in [0.25, 0.3) is 0 Å². The van der Waals surface area contributed by atoms with Gasteiger partial charge in [-0.05, 0) is 43.3 Å². The lowest BCUT2D eigenvalue weighted by Gasteiger charge is -2.19. The molecule has 1 saturated heterocycles. The number of halogens is 2. The molecule has 0 saturated carbocycles. The van der Waals surface area contributed by atoms with E-state index in [0.29, 0.717) is 11.4 Å². The Morgan fingerprint density at radius 3 is 2.60 bits per heavy atom. The molecule has 1 heterocycles. The van der Waals surface area contributed by atoms with Gasteiger partial charge in [0.25, 0.3) is 0 Å². The molecule has 1 aliphatic rings. The third kappa shape index (κ3) is 5.49. The highest BCUT2D eigenvalue weighted by Gasteiger charge is 2.35. The molecule has 182 valence electrons. The highest BCUT2D eigenvalue weighted by Crippen LogP contribution is 2.36. The molecule has 0 bridgehead atoms. The zero-order valence-electron chi connectivity index (χ0n) is 19.3. The van der Waals surface area contributed by atoms with Gasteiger partial charge in [0.15, 0.2) is 11.5 Å². The largest absolute Gasteiger partial charge is 0.493 e. The Morgan fingerprint density at radius 1 is 1.14 bits per heavy atom. The smallest absolute Gasteiger partial charge is 0.243 e. The van der Waals surface area contributed by atoms with Gasteiger partial charge in [0, 0.05) is 24.2 Å². The van der Waals surface area contributed by atoms with Crippen molar-refractivity contribution in [1.29, 1.82) is 0 Å². The van der Waals surface area contributed by atoms with Gasteiger partial charge in [0.2, 0.25) is 11.8 Å². The summed E-state index contributed by atoms with van der Waals surface area (Å²) < 4.78 is 25.4. The zero-order chi connectivity index (χ0) is 24.9. The van der Waals surface area contributed by atoms with Crippen molar-refractivity contribution in [2.75, 3.05) is 24.0 Å². The van der Waals surface area contributed by atoms with E-state index in [2.05, 4.69) is 10.9 Å². The fourth-order valence-electron chi connectivity index (χ4n) is 3.83. The summed E-state index contributed by atoms with van der Waals surface area (Å²) >= 11 is 6.10. The Kier molecular flexibility index (Phi) is 7.41. The van der Waals surface area contributed by atoms with Crippen LogP contribution in [0.4, 0.5) is 15.8 Å². The number of hydrazine groups is 1. The van der Waals surface area contributed by atoms with Crippen molar-refractivity contribution >= 4 is 34.8 Å². The molecule has 3 aromatic rings. The minimum atomic E-state index is -0.525. The van der Waals surface area contributed by atoms with Gasteiger partial charge < -0.3 is 14.4 Å². The van der Waals surface area contributed by atoms with Crippen LogP contribution in [-0.4, -0.2) is 25.5 Å². The number of methoxy groups -OCH3 is 1. The summed E-state index contributed by atoms with van der Waals surface area (Å²) in [5.41, 5.74) is 7.96. The summed E-state index contributed by atoms with van der Waals surface area (Å²) in [6.07, 6.45) is 0.106. The van der Waals surface area contributed by atoms with Crippen molar-refractivity contribution < 1.29 is 23.5 Å². The number of anilines is 2. The van der Waals surface area contributed by atoms with Crippen LogP contribution in [0.1, 0.15) is 17.5 Å². The molecule has 4 rings (SSSR count). The SMILES string of the molecule is COc1cccc(NNC(=O)[C@@H]2CC(=O)N(c3ccc(C)cc3)C2)c1OCc1c(F)cccc1Cl. The number of rotatable bonds is 8. The second-order valence-electron chi connectivity index (χ2n) is 8.18. The number of benzene rings is 3. The first-order valence-electron chi connectivity index (χ1n) is 11.0. The number of nitrogens with one attached hydrogen (secondary N) is 2. The standard InChI is InChI=1S/C26H25ClFN3O4/c1-16-9-11-18(12-10-16)31-14-17(13-24(31)32)26(33)30-29-22-7-4-8-23(34-2)25(22)35-15-19-20(27)5-3-6-21(19)28/h3-12,17,29H,13-15H2,1-2H3,(H,30,33)/t17-/m1/s1. The Bertz CT molecular complexity index is 1220. The molecule has 0 aliphatic carbocycles. The molecule has 0 radical (unpaired) electrons. The van der Waals surface area contributed by atoms with Crippen LogP contribution in [-0.2, 0) is 16.2 Å². The van der Waals surface area contributed by atoms with Crippen molar-refractivity contribution in [3.63, 3.8) is 0 Å². The maximum absolute atomic E-state index is 14.2. The van der Waals surface area contributed by atoms with E-state index >= 15 is 0 Å². The average Bonchev–Trinajstić information content (AvgIpc) is 3.24. The van der Waals surface area contributed by atoms with Crippen LogP contribution in [0.3, 0.4) is 0 Å². The van der Waals surface area contributed by atoms with Crippen molar-refractivity contribution in [1.82, 2.24) is 5.43 Å². The van der Waals surface area contributed by atoms with Crippen molar-refractivity contribution in [3.8, 4) is 11.5 Å². The molecule has 1 fully saturated rings. The van der Waals surface area contributed by atoms with E-state index in [1.54, 1.807) is 29.2 Å². The van der Waals surface area contributed by atoms with Gasteiger partial charge >= 0.3 is 0 Å². The summed E-state index contributed by atoms with van der Waals surface area (Å²) in [6, 6.07) is 17.1. The van der Waals surface area contributed by atoms with Crippen molar-refractivity contribution in [2.24, 2.45) is 5.92 Å². The van der Waals surface area contributed by atoms with E-state index < -0.39 is 11.7 Å². The highest BCUT2D eigenvalue weighted by molar-refractivity contribution is 6.31. The number of aryl methyl sites for hydroxylation is 1. The fourth-order valence-corrected chi connectivity index (χ4v) is 4.04. The summed E-state index contributed by atoms with van der Waals surface area (Å²) in [7, 11) is 1.48. The van der Waals surface area contributed by atoms with Gasteiger partial charge in [-0.2, -0.15) is 0 Å². The van der Waals surface area contributed by atoms with Gasteiger partial charge in [-0.3, -0.25) is 20.4 Å². The molecule has 0 aromatic heterocycles. The third-order valence-corrected chi connectivity index (χ3v) is 6.14. The number of para-hydroxylation sites is 1. The number of carbonyl (C=O) groups excluding carboxylic acids is 2. The molecular formula is C26H25ClFN3O4. The molecule has 0 unspecified atom stereocenters. The molecule has 1 aliphatic heterocycles. The summed E-state index contributed by atoms with van der Waals surface area (Å²) in [5.74, 6) is -0.792. The molecule has 2 amide bonds. The van der Waals surface area contributed by atoms with Gasteiger partial charge in [-0.25, -0.2) is 4.39 Å². The Morgan fingerprint density at radius 2 is 1.89 bits per heavy atom. The van der Waals surface area contributed by atoms with Gasteiger partial charge in [0.1, 0.15) is 12.4 Å². The lowest BCUT2D eigenvalue weighted by atomic mass is 10.1. The monoisotopic (exact) mass is 497 g/mol. The highest BCUT2D eigenvalue weighted by atomic mass is 35.5. The first kappa shape index (κ1) is 24.3. The van der Waals surface area contributed by atoms with E-state index in [1.807, 2.05) is 31.2 Å². The van der Waals surface area contributed by atoms with Crippen LogP contribution in [0, 0.1) is 18.7 Å². The van der Waals surface area contributed by atoms with E-state index in [1.165, 1.54) is 19.2 Å². The zero-order valence-corrected chi connectivity index (χ0v) is 20.1. The number of hydrogen-bond acceptors (Lipinski definition) is 5. The lowest BCUT2D eigenvalue weighted by molar-refractivity contribution is -0.125. The minimum absolute atomic E-state index is 0.106. The molecule has 2 N–H and O–H groups in total. The maximum atomic E-state index is 14.2. The van der Waals surface area contributed by atoms with Crippen molar-refractivity contribution in [2.45, 2.75) is 20.0 Å². The predicted molar refractivity (Wildman–Crippen MR) is 132 cm³/mol. The van der Waals surface area contributed by atoms with Crippen LogP contribution in [0.2, 0.25) is 5.02 Å². The quantitative estimate of drug-likeness (QED) is 0.434. The van der Waals surface area contributed by atoms with E-state index in [9.17, 15) is 14.0 Å². The third-order valence-electron chi connectivity index (χ3n) is 5.78. The normalized spacial score (nSPS) is 15.1. The predicted octanol–water partition coefficient (Wildman–Crippen LogP) is 4.87. The summed E-state index contributed by atoms with van der Waals surface area (Å²) in [6.45, 7) is 2.11. The fraction of sp³-hybridized carbons (Fsp3) is 0.231. The van der Waals surface area contributed by atoms with Crippen molar-refractivity contribution in [3.05, 3.63) is 82.6 Å². The Labute approximate surface area is 207 Å². The summed E-state index contributed by atoms with van der Waals surface area (Å²) in [4.78, 5) is 27.0. The van der Waals surface area contributed by atoms with Crippen LogP contribution < -0.4 is 25.2 Å². The molecule has 9 heteroatoms. The topological polar surface area (TPSA) is 79.9 Å². The minimum Gasteiger partial charge on any atom is -0.493 e. The average molecular weight is 498 g/mol. The second-order valence-corrected chi connectivity index (χ2v) is 8.59. The van der Waals surface area contributed by atoms with Crippen LogP contribution in [0.15, 0.2) is 60.7 Å². The molecular weight excluding hydrogens is 473 g/mol. The van der Waals surface area contributed by atoms with E-state index in [0.717, 1.165) is 11.3 Å². The van der Waals surface area contributed by atoms with Gasteiger partial charge in [0.05, 0.1) is 23.7 Å². The molecule has 7 nitrogen and oxygen atoms in total. The first-order chi connectivity index (χ1) is 16.9. The Balaban J connectivity index is 1.43. The molecule has 35 heavy (non-hydrogen) atoms. The van der Waals surface area contributed by atoms with E-state index in [-0.39, 0.29) is 47.7 Å². The molecule has 3 aromatic carbocycles. The van der Waals surface area contributed by atoms with Crippen LogP contribution >= 0.6 is 11.6 Å². The lowest BCUT2D eigenvalue weighted by Crippen LogP contribution is -2.36. The number of hydrogen-bond donors (Lipinski definition) is 2. The molecule has 0 spiro atoms. The number of carbonyl (C=O) groups is 2. The van der Waals surface area contributed by atoms with Crippen LogP contribution in [0.5, 0.6) is 11.5 Å². The number of nitrogens with zero attached hydrogens (tertiary/aromatic N) is 1. The number of amides is 2. The van der Waals surface area contributed by atoms with Gasteiger partial charge in [-0.15, -0.1) is 0 Å². The summed E-state index contributed by atoms with van der Waals surface area (Å²) in [5, 5.41) is 0.242. The Hall–Kier alpha value is -3.78. The number of ether oxygens (including phenoxy) is 2. The maximum Gasteiger partial charge on any atom is 0.243 e.